The van der Waals surface area contributed by atoms with Gasteiger partial charge in [-0.2, -0.15) is 14.9 Å². The summed E-state index contributed by atoms with van der Waals surface area (Å²) in [5.41, 5.74) is 2.86. The average molecular weight is 337 g/mol. The van der Waals surface area contributed by atoms with Crippen LogP contribution >= 0.6 is 0 Å². The number of aromatic amines is 1. The van der Waals surface area contributed by atoms with Crippen LogP contribution in [0.3, 0.4) is 0 Å². The lowest BCUT2D eigenvalue weighted by atomic mass is 9.95. The molecule has 1 saturated heterocycles. The molecule has 7 nitrogen and oxygen atoms in total. The molecule has 0 saturated carbocycles. The van der Waals surface area contributed by atoms with Crippen LogP contribution in [0.5, 0.6) is 0 Å². The zero-order chi connectivity index (χ0) is 17.6. The first-order valence-electron chi connectivity index (χ1n) is 8.47. The van der Waals surface area contributed by atoms with E-state index in [1.807, 2.05) is 20.1 Å². The Morgan fingerprint density at radius 1 is 1.48 bits per heavy atom. The lowest BCUT2D eigenvalue weighted by Crippen LogP contribution is -2.24. The van der Waals surface area contributed by atoms with Crippen molar-refractivity contribution in [2.75, 3.05) is 13.2 Å². The van der Waals surface area contributed by atoms with Crippen molar-refractivity contribution in [1.82, 2.24) is 14.6 Å². The van der Waals surface area contributed by atoms with E-state index in [1.54, 1.807) is 0 Å². The number of nitriles is 1. The smallest absolute Gasteiger partial charge is 0.278 e. The fourth-order valence-electron chi connectivity index (χ4n) is 3.54. The molecule has 0 radical (unpaired) electrons. The van der Waals surface area contributed by atoms with Gasteiger partial charge in [-0.15, -0.1) is 0 Å². The Kier molecular flexibility index (Phi) is 3.77. The summed E-state index contributed by atoms with van der Waals surface area (Å²) in [5.74, 6) is 0.400. The maximum absolute atomic E-state index is 12.9. The number of ether oxygens (including phenoxy) is 1. The molecule has 1 N–H and O–H groups in total. The van der Waals surface area contributed by atoms with E-state index in [4.69, 9.17) is 4.74 Å². The minimum absolute atomic E-state index is 0.0149. The monoisotopic (exact) mass is 337 g/mol. The summed E-state index contributed by atoms with van der Waals surface area (Å²) in [5, 5.41) is 13.3. The van der Waals surface area contributed by atoms with E-state index in [9.17, 15) is 10.1 Å². The van der Waals surface area contributed by atoms with Crippen LogP contribution in [0, 0.1) is 17.2 Å². The standard InChI is InChI=1S/C18H19N5O2/c1-10(2)15-16(12-5-14(20-7-12)11-3-4-25-9-11)22-17-13(6-19)8-21-23(17)18(15)24/h5,7-8,10-11,14,22H,3-4,9H2,1-2H3. The van der Waals surface area contributed by atoms with E-state index in [-0.39, 0.29) is 17.5 Å². The van der Waals surface area contributed by atoms with Crippen molar-refractivity contribution in [2.45, 2.75) is 32.2 Å². The lowest BCUT2D eigenvalue weighted by Gasteiger charge is -2.13. The van der Waals surface area contributed by atoms with Gasteiger partial charge in [-0.3, -0.25) is 9.79 Å². The molecule has 128 valence electrons. The highest BCUT2D eigenvalue weighted by Crippen LogP contribution is 2.29. The average Bonchev–Trinajstić information content (AvgIpc) is 3.33. The van der Waals surface area contributed by atoms with Crippen molar-refractivity contribution in [1.29, 1.82) is 5.26 Å². The van der Waals surface area contributed by atoms with E-state index < -0.39 is 0 Å². The molecule has 2 aromatic rings. The van der Waals surface area contributed by atoms with Gasteiger partial charge in [0, 0.05) is 29.9 Å². The highest BCUT2D eigenvalue weighted by molar-refractivity contribution is 6.11. The minimum Gasteiger partial charge on any atom is -0.381 e. The van der Waals surface area contributed by atoms with Gasteiger partial charge < -0.3 is 9.72 Å². The van der Waals surface area contributed by atoms with Crippen LogP contribution in [-0.2, 0) is 4.74 Å². The molecule has 4 heterocycles. The molecule has 2 atom stereocenters. The zero-order valence-electron chi connectivity index (χ0n) is 14.2. The number of allylic oxidation sites excluding steroid dienone is 1. The quantitative estimate of drug-likeness (QED) is 0.925. The van der Waals surface area contributed by atoms with Gasteiger partial charge in [-0.1, -0.05) is 13.8 Å². The molecule has 4 rings (SSSR count). The molecule has 1 fully saturated rings. The second kappa shape index (κ2) is 5.97. The van der Waals surface area contributed by atoms with Crippen LogP contribution in [0.4, 0.5) is 0 Å². The summed E-state index contributed by atoms with van der Waals surface area (Å²) in [6, 6.07) is 2.16. The van der Waals surface area contributed by atoms with Crippen molar-refractivity contribution >= 4 is 17.4 Å². The third-order valence-electron chi connectivity index (χ3n) is 4.88. The Labute approximate surface area is 144 Å². The summed E-state index contributed by atoms with van der Waals surface area (Å²) in [4.78, 5) is 20.8. The normalized spacial score (nSPS) is 22.7. The third-order valence-corrected chi connectivity index (χ3v) is 4.88. The van der Waals surface area contributed by atoms with Crippen LogP contribution in [0.2, 0.25) is 0 Å². The number of nitrogens with zero attached hydrogens (tertiary/aromatic N) is 4. The number of hydrogen-bond donors (Lipinski definition) is 1. The van der Waals surface area contributed by atoms with Crippen LogP contribution in [0.25, 0.3) is 11.2 Å². The predicted octanol–water partition coefficient (Wildman–Crippen LogP) is 1.89. The van der Waals surface area contributed by atoms with Gasteiger partial charge in [-0.25, -0.2) is 0 Å². The van der Waals surface area contributed by atoms with Gasteiger partial charge in [0.1, 0.15) is 11.6 Å². The van der Waals surface area contributed by atoms with Gasteiger partial charge >= 0.3 is 0 Å². The van der Waals surface area contributed by atoms with Crippen molar-refractivity contribution in [3.8, 4) is 6.07 Å². The van der Waals surface area contributed by atoms with Crippen molar-refractivity contribution in [2.24, 2.45) is 10.9 Å². The summed E-state index contributed by atoms with van der Waals surface area (Å²) in [6.07, 6.45) is 6.32. The Morgan fingerprint density at radius 3 is 3.00 bits per heavy atom. The summed E-state index contributed by atoms with van der Waals surface area (Å²) in [7, 11) is 0. The highest BCUT2D eigenvalue weighted by atomic mass is 16.5. The SMILES string of the molecule is CC(C)c1c(C2=CC(C3CCOC3)N=C2)[nH]c2c(C#N)cnn2c1=O. The highest BCUT2D eigenvalue weighted by Gasteiger charge is 2.28. The molecule has 0 spiro atoms. The number of rotatable bonds is 3. The van der Waals surface area contributed by atoms with Gasteiger partial charge in [0.05, 0.1) is 24.5 Å². The van der Waals surface area contributed by atoms with Crippen LogP contribution in [0.1, 0.15) is 43.0 Å². The summed E-state index contributed by atoms with van der Waals surface area (Å²) < 4.78 is 6.73. The van der Waals surface area contributed by atoms with E-state index in [0.717, 1.165) is 30.9 Å². The Balaban J connectivity index is 1.87. The Hall–Kier alpha value is -2.72. The van der Waals surface area contributed by atoms with Gasteiger partial charge in [-0.05, 0) is 18.4 Å². The number of aromatic nitrogens is 3. The first-order valence-corrected chi connectivity index (χ1v) is 8.47. The number of nitrogens with one attached hydrogen (secondary N) is 1. The van der Waals surface area contributed by atoms with Crippen molar-refractivity contribution in [3.05, 3.63) is 39.4 Å². The van der Waals surface area contributed by atoms with Crippen LogP contribution in [0.15, 0.2) is 22.1 Å². The largest absolute Gasteiger partial charge is 0.381 e. The first-order chi connectivity index (χ1) is 12.1. The fraction of sp³-hybridized carbons (Fsp3) is 0.444. The van der Waals surface area contributed by atoms with Crippen LogP contribution in [-0.4, -0.2) is 40.1 Å². The molecule has 2 unspecified atom stereocenters. The molecule has 2 aromatic heterocycles. The maximum atomic E-state index is 12.9. The van der Waals surface area contributed by atoms with Crippen molar-refractivity contribution < 1.29 is 4.74 Å². The lowest BCUT2D eigenvalue weighted by molar-refractivity contribution is 0.184. The number of H-pyrrole nitrogens is 1. The predicted molar refractivity (Wildman–Crippen MR) is 93.8 cm³/mol. The Morgan fingerprint density at radius 2 is 2.32 bits per heavy atom. The van der Waals surface area contributed by atoms with Gasteiger partial charge in [0.25, 0.3) is 5.56 Å². The summed E-state index contributed by atoms with van der Waals surface area (Å²) >= 11 is 0. The topological polar surface area (TPSA) is 95.5 Å². The van der Waals surface area contributed by atoms with E-state index >= 15 is 0 Å². The van der Waals surface area contributed by atoms with E-state index in [0.29, 0.717) is 22.7 Å². The van der Waals surface area contributed by atoms with E-state index in [2.05, 4.69) is 27.2 Å². The fourth-order valence-corrected chi connectivity index (χ4v) is 3.54. The molecule has 0 bridgehead atoms. The second-order valence-electron chi connectivity index (χ2n) is 6.82. The zero-order valence-corrected chi connectivity index (χ0v) is 14.2. The minimum atomic E-state index is -0.192. The Bertz CT molecular complexity index is 983. The molecule has 2 aliphatic rings. The molecule has 25 heavy (non-hydrogen) atoms. The van der Waals surface area contributed by atoms with Gasteiger partial charge in [0.15, 0.2) is 5.65 Å². The number of hydrogen-bond acceptors (Lipinski definition) is 5. The van der Waals surface area contributed by atoms with Crippen LogP contribution < -0.4 is 5.56 Å². The third kappa shape index (κ3) is 2.50. The molecule has 0 amide bonds. The maximum Gasteiger partial charge on any atom is 0.278 e. The second-order valence-corrected chi connectivity index (χ2v) is 6.82. The molecule has 2 aliphatic heterocycles. The van der Waals surface area contributed by atoms with Gasteiger partial charge in [0.2, 0.25) is 0 Å². The number of fused-ring (bicyclic) bond motifs is 1. The molecular weight excluding hydrogens is 318 g/mol. The molecule has 0 aromatic carbocycles. The molecular formula is C18H19N5O2. The first kappa shape index (κ1) is 15.8. The molecule has 7 heteroatoms. The molecule has 0 aliphatic carbocycles. The summed E-state index contributed by atoms with van der Waals surface area (Å²) in [6.45, 7) is 5.45. The number of aliphatic imine (C=N–C) groups is 1. The van der Waals surface area contributed by atoms with Crippen molar-refractivity contribution in [3.63, 3.8) is 0 Å². The van der Waals surface area contributed by atoms with E-state index in [1.165, 1.54) is 10.7 Å².